The van der Waals surface area contributed by atoms with Gasteiger partial charge in [0.25, 0.3) is 0 Å². The van der Waals surface area contributed by atoms with Gasteiger partial charge in [-0.25, -0.2) is 9.97 Å². The Morgan fingerprint density at radius 1 is 1.21 bits per heavy atom. The summed E-state index contributed by atoms with van der Waals surface area (Å²) in [5.74, 6) is 1.86. The van der Waals surface area contributed by atoms with Crippen molar-refractivity contribution in [1.29, 1.82) is 0 Å². The zero-order chi connectivity index (χ0) is 16.7. The first-order valence-corrected chi connectivity index (χ1v) is 8.52. The fourth-order valence-corrected chi connectivity index (χ4v) is 3.38. The Morgan fingerprint density at radius 3 is 2.96 bits per heavy atom. The van der Waals surface area contributed by atoms with Crippen molar-refractivity contribution >= 4 is 34.0 Å². The third-order valence-electron chi connectivity index (χ3n) is 4.52. The van der Waals surface area contributed by atoms with Gasteiger partial charge in [-0.1, -0.05) is 17.7 Å². The van der Waals surface area contributed by atoms with Crippen LogP contribution in [-0.4, -0.2) is 16.5 Å². The normalized spacial score (nSPS) is 16.5. The van der Waals surface area contributed by atoms with E-state index in [2.05, 4.69) is 38.8 Å². The maximum atomic E-state index is 6.26. The number of aromatic nitrogens is 2. The van der Waals surface area contributed by atoms with Gasteiger partial charge in [0, 0.05) is 34.4 Å². The Hall–Kier alpha value is -2.33. The van der Waals surface area contributed by atoms with Gasteiger partial charge in [-0.05, 0) is 55.5 Å². The summed E-state index contributed by atoms with van der Waals surface area (Å²) in [6.07, 6.45) is 2.81. The van der Waals surface area contributed by atoms with Gasteiger partial charge in [0.1, 0.15) is 11.6 Å². The highest BCUT2D eigenvalue weighted by atomic mass is 35.5. The molecule has 3 heterocycles. The van der Waals surface area contributed by atoms with E-state index >= 15 is 0 Å². The molecule has 0 amide bonds. The number of hydrogen-bond acceptors (Lipinski definition) is 4. The van der Waals surface area contributed by atoms with Gasteiger partial charge < -0.3 is 10.6 Å². The van der Waals surface area contributed by atoms with Crippen molar-refractivity contribution in [2.24, 2.45) is 0 Å². The van der Waals surface area contributed by atoms with Gasteiger partial charge in [-0.2, -0.15) is 0 Å². The minimum absolute atomic E-state index is 0.198. The average Bonchev–Trinajstić information content (AvgIpc) is 2.56. The molecule has 1 aromatic carbocycles. The van der Waals surface area contributed by atoms with Crippen LogP contribution in [0.3, 0.4) is 0 Å². The van der Waals surface area contributed by atoms with Crippen LogP contribution in [0.2, 0.25) is 5.02 Å². The first-order chi connectivity index (χ1) is 11.6. The zero-order valence-corrected chi connectivity index (χ0v) is 14.5. The Labute approximate surface area is 146 Å². The van der Waals surface area contributed by atoms with Crippen LogP contribution in [0.1, 0.15) is 29.3 Å². The topological polar surface area (TPSA) is 49.8 Å². The SMILES string of the molecule is Cc1ccc2c(n1)NCCC2Nc1nccc2cc(Cl)c(C)cc12. The molecule has 0 radical (unpaired) electrons. The van der Waals surface area contributed by atoms with Crippen LogP contribution >= 0.6 is 11.6 Å². The number of rotatable bonds is 2. The maximum Gasteiger partial charge on any atom is 0.134 e. The molecule has 1 unspecified atom stereocenters. The van der Waals surface area contributed by atoms with Crippen LogP contribution in [0.15, 0.2) is 36.5 Å². The number of pyridine rings is 2. The lowest BCUT2D eigenvalue weighted by Gasteiger charge is -2.27. The van der Waals surface area contributed by atoms with E-state index in [1.54, 1.807) is 0 Å². The molecular weight excluding hydrogens is 320 g/mol. The number of nitrogens with zero attached hydrogens (tertiary/aromatic N) is 2. The van der Waals surface area contributed by atoms with Gasteiger partial charge in [0.2, 0.25) is 0 Å². The van der Waals surface area contributed by atoms with Crippen LogP contribution in [0, 0.1) is 13.8 Å². The molecule has 24 heavy (non-hydrogen) atoms. The summed E-state index contributed by atoms with van der Waals surface area (Å²) in [7, 11) is 0. The highest BCUT2D eigenvalue weighted by Gasteiger charge is 2.22. The standard InChI is InChI=1S/C19H19ClN4/c1-11-9-15-13(10-16(11)20)5-7-21-19(15)24-17-6-8-22-18-14(17)4-3-12(2)23-18/h3-5,7,9-10,17H,6,8H2,1-2H3,(H,21,24)(H,22,23). The molecule has 0 aliphatic carbocycles. The van der Waals surface area contributed by atoms with Crippen molar-refractivity contribution in [2.75, 3.05) is 17.2 Å². The largest absolute Gasteiger partial charge is 0.370 e. The number of halogens is 1. The second-order valence-electron chi connectivity index (χ2n) is 6.28. The molecule has 4 nitrogen and oxygen atoms in total. The summed E-state index contributed by atoms with van der Waals surface area (Å²) in [6, 6.07) is 10.5. The number of anilines is 2. The van der Waals surface area contributed by atoms with E-state index in [9.17, 15) is 0 Å². The fraction of sp³-hybridized carbons (Fsp3) is 0.263. The molecule has 0 fully saturated rings. The fourth-order valence-electron chi connectivity index (χ4n) is 3.21. The lowest BCUT2D eigenvalue weighted by molar-refractivity contribution is 0.687. The maximum absolute atomic E-state index is 6.26. The summed E-state index contributed by atoms with van der Waals surface area (Å²) >= 11 is 6.26. The molecule has 1 aliphatic rings. The second-order valence-corrected chi connectivity index (χ2v) is 6.69. The van der Waals surface area contributed by atoms with E-state index in [0.29, 0.717) is 0 Å². The molecule has 3 aromatic rings. The van der Waals surface area contributed by atoms with Crippen molar-refractivity contribution in [1.82, 2.24) is 9.97 Å². The van der Waals surface area contributed by atoms with Gasteiger partial charge in [0.05, 0.1) is 6.04 Å². The Kier molecular flexibility index (Phi) is 3.77. The van der Waals surface area contributed by atoms with Crippen molar-refractivity contribution in [3.05, 3.63) is 58.4 Å². The molecule has 1 atom stereocenters. The van der Waals surface area contributed by atoms with Gasteiger partial charge in [-0.15, -0.1) is 0 Å². The predicted molar refractivity (Wildman–Crippen MR) is 99.9 cm³/mol. The van der Waals surface area contributed by atoms with Crippen molar-refractivity contribution < 1.29 is 0 Å². The molecule has 4 rings (SSSR count). The average molecular weight is 339 g/mol. The number of benzene rings is 1. The van der Waals surface area contributed by atoms with E-state index in [1.807, 2.05) is 32.2 Å². The predicted octanol–water partition coefficient (Wildman–Crippen LogP) is 4.87. The third-order valence-corrected chi connectivity index (χ3v) is 4.93. The molecule has 0 spiro atoms. The van der Waals surface area contributed by atoms with Crippen molar-refractivity contribution in [3.8, 4) is 0 Å². The summed E-state index contributed by atoms with van der Waals surface area (Å²) in [4.78, 5) is 9.17. The molecular formula is C19H19ClN4. The number of aryl methyl sites for hydroxylation is 2. The molecule has 2 N–H and O–H groups in total. The molecule has 0 bridgehead atoms. The summed E-state index contributed by atoms with van der Waals surface area (Å²) in [6.45, 7) is 4.93. The molecule has 2 aromatic heterocycles. The number of hydrogen-bond donors (Lipinski definition) is 2. The van der Waals surface area contributed by atoms with E-state index in [4.69, 9.17) is 11.6 Å². The summed E-state index contributed by atoms with van der Waals surface area (Å²) < 4.78 is 0. The van der Waals surface area contributed by atoms with Crippen molar-refractivity contribution in [3.63, 3.8) is 0 Å². The van der Waals surface area contributed by atoms with E-state index in [0.717, 1.165) is 51.7 Å². The Balaban J connectivity index is 1.75. The van der Waals surface area contributed by atoms with Gasteiger partial charge >= 0.3 is 0 Å². The Bertz CT molecular complexity index is 923. The quantitative estimate of drug-likeness (QED) is 0.700. The first kappa shape index (κ1) is 15.2. The zero-order valence-electron chi connectivity index (χ0n) is 13.7. The number of fused-ring (bicyclic) bond motifs is 2. The van der Waals surface area contributed by atoms with Crippen LogP contribution in [0.5, 0.6) is 0 Å². The van der Waals surface area contributed by atoms with E-state index in [-0.39, 0.29) is 6.04 Å². The lowest BCUT2D eigenvalue weighted by Crippen LogP contribution is -2.23. The smallest absolute Gasteiger partial charge is 0.134 e. The summed E-state index contributed by atoms with van der Waals surface area (Å²) in [5, 5.41) is 9.97. The lowest BCUT2D eigenvalue weighted by atomic mass is 10.00. The molecule has 1 aliphatic heterocycles. The van der Waals surface area contributed by atoms with Crippen LogP contribution < -0.4 is 10.6 Å². The van der Waals surface area contributed by atoms with E-state index < -0.39 is 0 Å². The van der Waals surface area contributed by atoms with Gasteiger partial charge in [0.15, 0.2) is 0 Å². The third kappa shape index (κ3) is 2.67. The monoisotopic (exact) mass is 338 g/mol. The first-order valence-electron chi connectivity index (χ1n) is 8.14. The minimum atomic E-state index is 0.198. The second kappa shape index (κ2) is 5.95. The molecule has 122 valence electrons. The minimum Gasteiger partial charge on any atom is -0.370 e. The molecule has 0 saturated carbocycles. The van der Waals surface area contributed by atoms with E-state index in [1.165, 1.54) is 5.56 Å². The van der Waals surface area contributed by atoms with Crippen molar-refractivity contribution in [2.45, 2.75) is 26.3 Å². The molecule has 5 heteroatoms. The van der Waals surface area contributed by atoms with Crippen LogP contribution in [-0.2, 0) is 0 Å². The number of nitrogens with one attached hydrogen (secondary N) is 2. The highest BCUT2D eigenvalue weighted by Crippen LogP contribution is 2.34. The summed E-state index contributed by atoms with van der Waals surface area (Å²) in [5.41, 5.74) is 3.27. The van der Waals surface area contributed by atoms with Crippen LogP contribution in [0.4, 0.5) is 11.6 Å². The Morgan fingerprint density at radius 2 is 2.08 bits per heavy atom. The van der Waals surface area contributed by atoms with Gasteiger partial charge in [-0.3, -0.25) is 0 Å². The van der Waals surface area contributed by atoms with Crippen LogP contribution in [0.25, 0.3) is 10.8 Å². The molecule has 0 saturated heterocycles. The highest BCUT2D eigenvalue weighted by molar-refractivity contribution is 6.32.